The van der Waals surface area contributed by atoms with Crippen LogP contribution < -0.4 is 10.6 Å². The third kappa shape index (κ3) is 6.40. The van der Waals surface area contributed by atoms with Crippen molar-refractivity contribution in [2.75, 3.05) is 19.6 Å². The van der Waals surface area contributed by atoms with Gasteiger partial charge in [0.2, 0.25) is 17.7 Å². The Morgan fingerprint density at radius 3 is 2.70 bits per heavy atom. The molecule has 2 aromatic rings. The van der Waals surface area contributed by atoms with Crippen molar-refractivity contribution < 1.29 is 14.4 Å². The molecular formula is C23H28N4O3. The van der Waals surface area contributed by atoms with Crippen LogP contribution in [0.15, 0.2) is 54.9 Å². The summed E-state index contributed by atoms with van der Waals surface area (Å²) in [7, 11) is 0. The summed E-state index contributed by atoms with van der Waals surface area (Å²) in [5.41, 5.74) is 1.71. The van der Waals surface area contributed by atoms with E-state index < -0.39 is 0 Å². The largest absolute Gasteiger partial charge is 0.356 e. The van der Waals surface area contributed by atoms with E-state index in [9.17, 15) is 14.4 Å². The zero-order valence-corrected chi connectivity index (χ0v) is 17.0. The first kappa shape index (κ1) is 21.5. The van der Waals surface area contributed by atoms with Crippen LogP contribution in [-0.4, -0.2) is 47.2 Å². The van der Waals surface area contributed by atoms with Gasteiger partial charge in [-0.15, -0.1) is 0 Å². The van der Waals surface area contributed by atoms with Crippen LogP contribution in [-0.2, 0) is 20.8 Å². The lowest BCUT2D eigenvalue weighted by molar-refractivity contribution is -0.136. The lowest BCUT2D eigenvalue weighted by Crippen LogP contribution is -2.44. The molecule has 7 nitrogen and oxygen atoms in total. The van der Waals surface area contributed by atoms with Gasteiger partial charge in [0.25, 0.3) is 0 Å². The van der Waals surface area contributed by atoms with Crippen LogP contribution >= 0.6 is 0 Å². The minimum Gasteiger partial charge on any atom is -0.356 e. The molecule has 1 aromatic heterocycles. The zero-order chi connectivity index (χ0) is 21.2. The Labute approximate surface area is 176 Å². The summed E-state index contributed by atoms with van der Waals surface area (Å²) in [4.78, 5) is 43.5. The maximum atomic E-state index is 13.1. The molecule has 1 aromatic carbocycles. The molecule has 1 unspecified atom stereocenters. The Morgan fingerprint density at radius 1 is 1.10 bits per heavy atom. The molecule has 1 atom stereocenters. The molecule has 2 N–H and O–H groups in total. The highest BCUT2D eigenvalue weighted by Crippen LogP contribution is 2.25. The monoisotopic (exact) mass is 408 g/mol. The van der Waals surface area contributed by atoms with Crippen molar-refractivity contribution in [2.45, 2.75) is 38.1 Å². The first-order valence-electron chi connectivity index (χ1n) is 10.4. The maximum absolute atomic E-state index is 13.1. The number of hydrogen-bond donors (Lipinski definition) is 2. The van der Waals surface area contributed by atoms with E-state index in [0.29, 0.717) is 13.1 Å². The van der Waals surface area contributed by atoms with E-state index in [-0.39, 0.29) is 43.1 Å². The molecule has 0 spiro atoms. The fourth-order valence-electron chi connectivity index (χ4n) is 3.62. The molecule has 0 saturated carbocycles. The Balaban J connectivity index is 1.69. The van der Waals surface area contributed by atoms with Crippen molar-refractivity contribution in [3.63, 3.8) is 0 Å². The SMILES string of the molecule is O=C(Cc1cccnc1)NCC(=O)N1CCCCCNC(=O)CC1c1ccccc1. The molecule has 0 radical (unpaired) electrons. The quantitative estimate of drug-likeness (QED) is 0.792. The lowest BCUT2D eigenvalue weighted by atomic mass is 10.00. The summed E-state index contributed by atoms with van der Waals surface area (Å²) in [5, 5.41) is 5.65. The molecular weight excluding hydrogens is 380 g/mol. The van der Waals surface area contributed by atoms with Crippen molar-refractivity contribution in [3.8, 4) is 0 Å². The molecule has 1 aliphatic heterocycles. The number of amides is 3. The minimum absolute atomic E-state index is 0.0656. The van der Waals surface area contributed by atoms with Gasteiger partial charge in [-0.05, 0) is 36.5 Å². The van der Waals surface area contributed by atoms with Crippen molar-refractivity contribution in [2.24, 2.45) is 0 Å². The van der Waals surface area contributed by atoms with E-state index in [4.69, 9.17) is 0 Å². The summed E-state index contributed by atoms with van der Waals surface area (Å²) >= 11 is 0. The second-order valence-corrected chi connectivity index (χ2v) is 7.44. The van der Waals surface area contributed by atoms with Crippen LogP contribution in [0, 0.1) is 0 Å². The van der Waals surface area contributed by atoms with Gasteiger partial charge in [-0.2, -0.15) is 0 Å². The van der Waals surface area contributed by atoms with Gasteiger partial charge >= 0.3 is 0 Å². The van der Waals surface area contributed by atoms with E-state index in [2.05, 4.69) is 15.6 Å². The number of aromatic nitrogens is 1. The van der Waals surface area contributed by atoms with Crippen LogP contribution in [0.5, 0.6) is 0 Å². The molecule has 0 bridgehead atoms. The highest BCUT2D eigenvalue weighted by molar-refractivity contribution is 5.86. The molecule has 3 rings (SSSR count). The van der Waals surface area contributed by atoms with E-state index in [1.54, 1.807) is 23.4 Å². The average molecular weight is 409 g/mol. The van der Waals surface area contributed by atoms with Crippen LogP contribution in [0.3, 0.4) is 0 Å². The van der Waals surface area contributed by atoms with Gasteiger partial charge in [0.05, 0.1) is 25.4 Å². The maximum Gasteiger partial charge on any atom is 0.242 e. The fourth-order valence-corrected chi connectivity index (χ4v) is 3.62. The van der Waals surface area contributed by atoms with E-state index in [1.807, 2.05) is 36.4 Å². The van der Waals surface area contributed by atoms with Crippen molar-refractivity contribution >= 4 is 17.7 Å². The summed E-state index contributed by atoms with van der Waals surface area (Å²) in [5.74, 6) is -0.479. The number of rotatable bonds is 5. The van der Waals surface area contributed by atoms with Crippen LogP contribution in [0.25, 0.3) is 0 Å². The van der Waals surface area contributed by atoms with Crippen LogP contribution in [0.2, 0.25) is 0 Å². The van der Waals surface area contributed by atoms with Crippen molar-refractivity contribution in [3.05, 3.63) is 66.0 Å². The number of nitrogens with one attached hydrogen (secondary N) is 2. The Morgan fingerprint density at radius 2 is 1.93 bits per heavy atom. The van der Waals surface area contributed by atoms with Crippen molar-refractivity contribution in [1.82, 2.24) is 20.5 Å². The molecule has 1 saturated heterocycles. The van der Waals surface area contributed by atoms with Gasteiger partial charge in [0, 0.05) is 25.5 Å². The molecule has 158 valence electrons. The van der Waals surface area contributed by atoms with E-state index in [1.165, 1.54) is 0 Å². The predicted molar refractivity (Wildman–Crippen MR) is 113 cm³/mol. The first-order chi connectivity index (χ1) is 14.6. The number of benzene rings is 1. The van der Waals surface area contributed by atoms with Gasteiger partial charge < -0.3 is 15.5 Å². The van der Waals surface area contributed by atoms with Crippen molar-refractivity contribution in [1.29, 1.82) is 0 Å². The molecule has 2 heterocycles. The standard InChI is InChI=1S/C23H28N4O3/c28-21(14-18-8-7-11-24-16-18)26-17-23(30)27-13-6-2-5-12-25-22(29)15-20(27)19-9-3-1-4-10-19/h1,3-4,7-11,16,20H,2,5-6,12-15,17H2,(H,25,29)(H,26,28). The Kier molecular flexibility index (Phi) is 7.94. The predicted octanol–water partition coefficient (Wildman–Crippen LogP) is 2.00. The summed E-state index contributed by atoms with van der Waals surface area (Å²) in [6, 6.07) is 12.8. The van der Waals surface area contributed by atoms with Gasteiger partial charge in [-0.1, -0.05) is 36.4 Å². The number of carbonyl (C=O) groups excluding carboxylic acids is 3. The third-order valence-corrected chi connectivity index (χ3v) is 5.18. The Hall–Kier alpha value is -3.22. The van der Waals surface area contributed by atoms with E-state index >= 15 is 0 Å². The highest BCUT2D eigenvalue weighted by atomic mass is 16.2. The Bertz CT molecular complexity index is 842. The smallest absolute Gasteiger partial charge is 0.242 e. The summed E-state index contributed by atoms with van der Waals surface area (Å²) < 4.78 is 0. The molecule has 30 heavy (non-hydrogen) atoms. The third-order valence-electron chi connectivity index (χ3n) is 5.18. The fraction of sp³-hybridized carbons (Fsp3) is 0.391. The van der Waals surface area contributed by atoms with E-state index in [0.717, 1.165) is 30.4 Å². The van der Waals surface area contributed by atoms with Gasteiger partial charge in [-0.3, -0.25) is 19.4 Å². The highest BCUT2D eigenvalue weighted by Gasteiger charge is 2.27. The average Bonchev–Trinajstić information content (AvgIpc) is 2.77. The zero-order valence-electron chi connectivity index (χ0n) is 17.0. The van der Waals surface area contributed by atoms with Gasteiger partial charge in [0.1, 0.15) is 0 Å². The second kappa shape index (κ2) is 11.1. The number of nitrogens with zero attached hydrogens (tertiary/aromatic N) is 2. The number of carbonyl (C=O) groups is 3. The molecule has 0 aliphatic carbocycles. The minimum atomic E-state index is -0.355. The normalized spacial score (nSPS) is 17.7. The van der Waals surface area contributed by atoms with Crippen LogP contribution in [0.1, 0.15) is 42.9 Å². The molecule has 7 heteroatoms. The molecule has 1 aliphatic rings. The molecule has 3 amide bonds. The number of pyridine rings is 1. The topological polar surface area (TPSA) is 91.4 Å². The second-order valence-electron chi connectivity index (χ2n) is 7.44. The summed E-state index contributed by atoms with van der Waals surface area (Å²) in [6.45, 7) is 1.13. The number of hydrogen-bond acceptors (Lipinski definition) is 4. The van der Waals surface area contributed by atoms with Crippen LogP contribution in [0.4, 0.5) is 0 Å². The summed E-state index contributed by atoms with van der Waals surface area (Å²) in [6.07, 6.45) is 6.35. The first-order valence-corrected chi connectivity index (χ1v) is 10.4. The van der Waals surface area contributed by atoms with Gasteiger partial charge in [0.15, 0.2) is 0 Å². The molecule has 1 fully saturated rings. The lowest BCUT2D eigenvalue weighted by Gasteiger charge is -2.33. The van der Waals surface area contributed by atoms with Gasteiger partial charge in [-0.25, -0.2) is 0 Å².